The van der Waals surface area contributed by atoms with E-state index in [1.807, 2.05) is 23.8 Å². The van der Waals surface area contributed by atoms with Crippen molar-refractivity contribution in [3.8, 4) is 0 Å². The second kappa shape index (κ2) is 5.06. The minimum Gasteiger partial charge on any atom is -0.290 e. The van der Waals surface area contributed by atoms with E-state index >= 15 is 0 Å². The van der Waals surface area contributed by atoms with Gasteiger partial charge in [0.05, 0.1) is 4.88 Å². The lowest BCUT2D eigenvalue weighted by atomic mass is 10.00. The summed E-state index contributed by atoms with van der Waals surface area (Å²) in [6.07, 6.45) is 1.92. The summed E-state index contributed by atoms with van der Waals surface area (Å²) in [4.78, 5) is 23.2. The van der Waals surface area contributed by atoms with Crippen molar-refractivity contribution in [2.24, 2.45) is 0 Å². The number of carbonyl (C=O) groups excluding carboxylic acids is 2. The van der Waals surface area contributed by atoms with Crippen molar-refractivity contribution in [1.29, 1.82) is 0 Å². The Morgan fingerprint density at radius 3 is 2.47 bits per heavy atom. The minimum atomic E-state index is -0.249. The molecule has 1 atom stereocenters. The molecule has 0 aliphatic rings. The van der Waals surface area contributed by atoms with Gasteiger partial charge in [0, 0.05) is 11.5 Å². The molecule has 1 aromatic carbocycles. The summed E-state index contributed by atoms with van der Waals surface area (Å²) in [5.41, 5.74) is 1.53. The third kappa shape index (κ3) is 2.50. The zero-order valence-electron chi connectivity index (χ0n) is 9.34. The topological polar surface area (TPSA) is 34.1 Å². The van der Waals surface area contributed by atoms with Crippen molar-refractivity contribution in [1.82, 2.24) is 0 Å². The number of hydrogen-bond donors (Lipinski definition) is 0. The Hall–Kier alpha value is -1.74. The molecule has 85 valence electrons. The summed E-state index contributed by atoms with van der Waals surface area (Å²) in [6.45, 7) is 1.78. The molecule has 0 N–H and O–H groups in total. The summed E-state index contributed by atoms with van der Waals surface area (Å²) in [7, 11) is 0. The molecule has 0 saturated carbocycles. The first-order chi connectivity index (χ1) is 8.22. The SMILES string of the molecule is CC([C]=O)c1ccc(C(=O)c2cccs2)cc1. The van der Waals surface area contributed by atoms with Gasteiger partial charge in [0.1, 0.15) is 0 Å². The van der Waals surface area contributed by atoms with Crippen molar-refractivity contribution in [3.63, 3.8) is 0 Å². The first-order valence-corrected chi connectivity index (χ1v) is 6.16. The second-order valence-electron chi connectivity index (χ2n) is 3.77. The van der Waals surface area contributed by atoms with Gasteiger partial charge in [-0.3, -0.25) is 9.59 Å². The Morgan fingerprint density at radius 1 is 1.24 bits per heavy atom. The molecule has 0 fully saturated rings. The fourth-order valence-corrected chi connectivity index (χ4v) is 2.23. The molecule has 3 heteroatoms. The van der Waals surface area contributed by atoms with E-state index in [0.717, 1.165) is 10.4 Å². The van der Waals surface area contributed by atoms with Crippen LogP contribution in [0.2, 0.25) is 0 Å². The van der Waals surface area contributed by atoms with E-state index in [-0.39, 0.29) is 11.7 Å². The fourth-order valence-electron chi connectivity index (χ4n) is 1.54. The predicted octanol–water partition coefficient (Wildman–Crippen LogP) is 3.19. The van der Waals surface area contributed by atoms with Crippen molar-refractivity contribution < 1.29 is 9.59 Å². The molecule has 2 aromatic rings. The number of rotatable bonds is 4. The van der Waals surface area contributed by atoms with Gasteiger partial charge in [0.2, 0.25) is 12.1 Å². The highest BCUT2D eigenvalue weighted by Gasteiger charge is 2.11. The lowest BCUT2D eigenvalue weighted by Gasteiger charge is -2.04. The lowest BCUT2D eigenvalue weighted by molar-refractivity contribution is 0.104. The summed E-state index contributed by atoms with van der Waals surface area (Å²) in [6, 6.07) is 10.8. The van der Waals surface area contributed by atoms with Gasteiger partial charge < -0.3 is 0 Å². The molecule has 0 aliphatic carbocycles. The standard InChI is InChI=1S/C14H11O2S/c1-10(9-15)11-4-6-12(7-5-11)14(16)13-3-2-8-17-13/h2-8,10H,1H3. The van der Waals surface area contributed by atoms with E-state index in [1.165, 1.54) is 11.3 Å². The maximum absolute atomic E-state index is 12.0. The fraction of sp³-hybridized carbons (Fsp3) is 0.143. The van der Waals surface area contributed by atoms with E-state index < -0.39 is 0 Å². The first kappa shape index (κ1) is 11.7. The Labute approximate surface area is 104 Å². The van der Waals surface area contributed by atoms with Gasteiger partial charge >= 0.3 is 0 Å². The molecule has 0 amide bonds. The van der Waals surface area contributed by atoms with Crippen LogP contribution in [0.3, 0.4) is 0 Å². The van der Waals surface area contributed by atoms with Crippen LogP contribution < -0.4 is 0 Å². The quantitative estimate of drug-likeness (QED) is 0.773. The number of hydrogen-bond acceptors (Lipinski definition) is 3. The monoisotopic (exact) mass is 243 g/mol. The number of benzene rings is 1. The van der Waals surface area contributed by atoms with Crippen LogP contribution in [0, 0.1) is 0 Å². The zero-order chi connectivity index (χ0) is 12.3. The first-order valence-electron chi connectivity index (χ1n) is 5.28. The number of ketones is 1. The summed E-state index contributed by atoms with van der Waals surface area (Å²) >= 11 is 1.43. The summed E-state index contributed by atoms with van der Waals surface area (Å²) < 4.78 is 0. The molecule has 0 aliphatic heterocycles. The van der Waals surface area contributed by atoms with E-state index in [2.05, 4.69) is 0 Å². The van der Waals surface area contributed by atoms with E-state index in [0.29, 0.717) is 5.56 Å². The average Bonchev–Trinajstić information content (AvgIpc) is 2.91. The zero-order valence-corrected chi connectivity index (χ0v) is 10.2. The van der Waals surface area contributed by atoms with Crippen molar-refractivity contribution in [2.45, 2.75) is 12.8 Å². The van der Waals surface area contributed by atoms with Crippen molar-refractivity contribution >= 4 is 23.4 Å². The molecular weight excluding hydrogens is 232 g/mol. The Kier molecular flexibility index (Phi) is 3.49. The van der Waals surface area contributed by atoms with Gasteiger partial charge in [-0.15, -0.1) is 11.3 Å². The molecule has 17 heavy (non-hydrogen) atoms. The molecule has 0 saturated heterocycles. The van der Waals surface area contributed by atoms with Crippen LogP contribution in [-0.2, 0) is 4.79 Å². The second-order valence-corrected chi connectivity index (χ2v) is 4.72. The molecule has 0 spiro atoms. The molecule has 2 rings (SSSR count). The van der Waals surface area contributed by atoms with E-state index in [9.17, 15) is 9.59 Å². The van der Waals surface area contributed by atoms with Crippen LogP contribution in [0.15, 0.2) is 41.8 Å². The van der Waals surface area contributed by atoms with Gasteiger partial charge in [-0.1, -0.05) is 37.3 Å². The van der Waals surface area contributed by atoms with Gasteiger partial charge in [-0.25, -0.2) is 0 Å². The normalized spacial score (nSPS) is 12.1. The number of carbonyl (C=O) groups is 1. The lowest BCUT2D eigenvalue weighted by Crippen LogP contribution is -2.00. The summed E-state index contributed by atoms with van der Waals surface area (Å²) in [5.74, 6) is -0.227. The summed E-state index contributed by atoms with van der Waals surface area (Å²) in [5, 5.41) is 1.88. The number of thiophene rings is 1. The van der Waals surface area contributed by atoms with Gasteiger partial charge in [-0.2, -0.15) is 0 Å². The molecule has 1 heterocycles. The smallest absolute Gasteiger partial charge is 0.206 e. The molecule has 1 unspecified atom stereocenters. The van der Waals surface area contributed by atoms with Gasteiger partial charge in [0.25, 0.3) is 0 Å². The third-order valence-electron chi connectivity index (χ3n) is 2.59. The Bertz CT molecular complexity index is 512. The molecular formula is C14H11O2S. The largest absolute Gasteiger partial charge is 0.290 e. The van der Waals surface area contributed by atoms with Gasteiger partial charge in [0.15, 0.2) is 0 Å². The van der Waals surface area contributed by atoms with Crippen LogP contribution in [0.5, 0.6) is 0 Å². The van der Waals surface area contributed by atoms with Crippen molar-refractivity contribution in [2.75, 3.05) is 0 Å². The predicted molar refractivity (Wildman–Crippen MR) is 68.3 cm³/mol. The van der Waals surface area contributed by atoms with Crippen LogP contribution in [0.25, 0.3) is 0 Å². The molecule has 1 aromatic heterocycles. The Morgan fingerprint density at radius 2 is 1.94 bits per heavy atom. The van der Waals surface area contributed by atoms with Crippen LogP contribution in [0.4, 0.5) is 0 Å². The van der Waals surface area contributed by atoms with Gasteiger partial charge in [-0.05, 0) is 17.0 Å². The van der Waals surface area contributed by atoms with Crippen LogP contribution in [-0.4, -0.2) is 12.1 Å². The van der Waals surface area contributed by atoms with E-state index in [4.69, 9.17) is 0 Å². The van der Waals surface area contributed by atoms with Crippen LogP contribution in [0.1, 0.15) is 33.6 Å². The highest BCUT2D eigenvalue weighted by Crippen LogP contribution is 2.18. The average molecular weight is 243 g/mol. The molecule has 2 nitrogen and oxygen atoms in total. The van der Waals surface area contributed by atoms with E-state index in [1.54, 1.807) is 31.2 Å². The highest BCUT2D eigenvalue weighted by molar-refractivity contribution is 7.12. The highest BCUT2D eigenvalue weighted by atomic mass is 32.1. The van der Waals surface area contributed by atoms with Crippen LogP contribution >= 0.6 is 11.3 Å². The minimum absolute atomic E-state index is 0.0225. The third-order valence-corrected chi connectivity index (χ3v) is 3.46. The maximum Gasteiger partial charge on any atom is 0.206 e. The Balaban J connectivity index is 2.24. The molecule has 1 radical (unpaired) electrons. The van der Waals surface area contributed by atoms with Crippen molar-refractivity contribution in [3.05, 3.63) is 57.8 Å². The maximum atomic E-state index is 12.0. The molecule has 0 bridgehead atoms.